The van der Waals surface area contributed by atoms with Crippen molar-refractivity contribution in [3.8, 4) is 6.07 Å². The van der Waals surface area contributed by atoms with Crippen molar-refractivity contribution in [1.82, 2.24) is 9.97 Å². The highest BCUT2D eigenvalue weighted by Crippen LogP contribution is 2.16. The Morgan fingerprint density at radius 1 is 1.25 bits per heavy atom. The van der Waals surface area contributed by atoms with Gasteiger partial charge >= 0.3 is 0 Å². The molecule has 0 fully saturated rings. The van der Waals surface area contributed by atoms with E-state index in [4.69, 9.17) is 5.26 Å². The number of hydrogen-bond donors (Lipinski definition) is 1. The standard InChI is InChI=1S/C15H15BrN4/c1-10-3-4-13(16)7-12(10)5-6-18-15-8-14(9-17)19-11(2)20-15/h3-4,7-8H,5-6H2,1-2H3,(H,18,19,20). The summed E-state index contributed by atoms with van der Waals surface area (Å²) in [4.78, 5) is 8.30. The van der Waals surface area contributed by atoms with Crippen molar-refractivity contribution in [3.05, 3.63) is 51.4 Å². The third-order valence-corrected chi connectivity index (χ3v) is 3.46. The van der Waals surface area contributed by atoms with Crippen molar-refractivity contribution in [2.45, 2.75) is 20.3 Å². The molecule has 1 aromatic heterocycles. The van der Waals surface area contributed by atoms with Gasteiger partial charge in [0.05, 0.1) is 0 Å². The Kier molecular flexibility index (Phi) is 4.70. The van der Waals surface area contributed by atoms with E-state index in [2.05, 4.69) is 50.3 Å². The fourth-order valence-corrected chi connectivity index (χ4v) is 2.36. The van der Waals surface area contributed by atoms with Gasteiger partial charge in [0.25, 0.3) is 0 Å². The first-order valence-corrected chi connectivity index (χ1v) is 7.12. The Bertz CT molecular complexity index is 661. The molecule has 0 aliphatic carbocycles. The number of anilines is 1. The van der Waals surface area contributed by atoms with Crippen LogP contribution in [0.25, 0.3) is 0 Å². The zero-order valence-electron chi connectivity index (χ0n) is 11.4. The minimum absolute atomic E-state index is 0.388. The van der Waals surface area contributed by atoms with E-state index >= 15 is 0 Å². The quantitative estimate of drug-likeness (QED) is 0.933. The molecule has 0 amide bonds. The second-order valence-electron chi connectivity index (χ2n) is 4.55. The van der Waals surface area contributed by atoms with Gasteiger partial charge in [-0.15, -0.1) is 0 Å². The van der Waals surface area contributed by atoms with Crippen molar-refractivity contribution in [2.75, 3.05) is 11.9 Å². The van der Waals surface area contributed by atoms with E-state index in [0.29, 0.717) is 17.3 Å². The first kappa shape index (κ1) is 14.5. The van der Waals surface area contributed by atoms with E-state index in [1.165, 1.54) is 11.1 Å². The molecular formula is C15H15BrN4. The lowest BCUT2D eigenvalue weighted by molar-refractivity contribution is 0.968. The summed E-state index contributed by atoms with van der Waals surface area (Å²) in [5, 5.41) is 12.1. The van der Waals surface area contributed by atoms with Gasteiger partial charge in [-0.3, -0.25) is 0 Å². The van der Waals surface area contributed by atoms with Crippen LogP contribution in [0.2, 0.25) is 0 Å². The fraction of sp³-hybridized carbons (Fsp3) is 0.267. The molecule has 1 N–H and O–H groups in total. The summed E-state index contributed by atoms with van der Waals surface area (Å²) in [6.07, 6.45) is 0.899. The molecule has 0 saturated carbocycles. The summed E-state index contributed by atoms with van der Waals surface area (Å²) in [6.45, 7) is 4.65. The maximum Gasteiger partial charge on any atom is 0.146 e. The van der Waals surface area contributed by atoms with Crippen LogP contribution in [0, 0.1) is 25.2 Å². The van der Waals surface area contributed by atoms with Crippen molar-refractivity contribution in [3.63, 3.8) is 0 Å². The minimum atomic E-state index is 0.388. The summed E-state index contributed by atoms with van der Waals surface area (Å²) in [6, 6.07) is 9.97. The Morgan fingerprint density at radius 3 is 2.80 bits per heavy atom. The third kappa shape index (κ3) is 3.78. The van der Waals surface area contributed by atoms with Gasteiger partial charge in [-0.2, -0.15) is 5.26 Å². The van der Waals surface area contributed by atoms with Crippen LogP contribution >= 0.6 is 15.9 Å². The molecule has 2 rings (SSSR count). The predicted octanol–water partition coefficient (Wildman–Crippen LogP) is 3.38. The zero-order chi connectivity index (χ0) is 14.5. The van der Waals surface area contributed by atoms with Crippen LogP contribution in [0.5, 0.6) is 0 Å². The lowest BCUT2D eigenvalue weighted by Gasteiger charge is -2.09. The summed E-state index contributed by atoms with van der Waals surface area (Å²) >= 11 is 3.48. The molecule has 1 aromatic carbocycles. The van der Waals surface area contributed by atoms with Crippen LogP contribution < -0.4 is 5.32 Å². The summed E-state index contributed by atoms with van der Waals surface area (Å²) in [7, 11) is 0. The monoisotopic (exact) mass is 330 g/mol. The molecule has 0 radical (unpaired) electrons. The van der Waals surface area contributed by atoms with Gasteiger partial charge in [-0.1, -0.05) is 22.0 Å². The third-order valence-electron chi connectivity index (χ3n) is 2.96. The number of rotatable bonds is 4. The van der Waals surface area contributed by atoms with E-state index in [1.807, 2.05) is 12.1 Å². The first-order valence-electron chi connectivity index (χ1n) is 6.33. The Labute approximate surface area is 127 Å². The van der Waals surface area contributed by atoms with Gasteiger partial charge in [-0.05, 0) is 43.5 Å². The summed E-state index contributed by atoms with van der Waals surface area (Å²) in [5.74, 6) is 1.30. The van der Waals surface area contributed by atoms with Gasteiger partial charge in [-0.25, -0.2) is 9.97 Å². The van der Waals surface area contributed by atoms with Crippen molar-refractivity contribution < 1.29 is 0 Å². The van der Waals surface area contributed by atoms with E-state index in [-0.39, 0.29) is 0 Å². The molecule has 0 aliphatic heterocycles. The highest BCUT2D eigenvalue weighted by atomic mass is 79.9. The Balaban J connectivity index is 2.01. The van der Waals surface area contributed by atoms with E-state index in [9.17, 15) is 0 Å². The number of aromatic nitrogens is 2. The van der Waals surface area contributed by atoms with Crippen LogP contribution in [0.15, 0.2) is 28.7 Å². The maximum absolute atomic E-state index is 8.88. The molecule has 1 heterocycles. The van der Waals surface area contributed by atoms with Gasteiger partial charge in [0, 0.05) is 17.1 Å². The molecule has 0 unspecified atom stereocenters. The van der Waals surface area contributed by atoms with Gasteiger partial charge in [0.2, 0.25) is 0 Å². The van der Waals surface area contributed by atoms with Gasteiger partial charge < -0.3 is 5.32 Å². The Morgan fingerprint density at radius 2 is 2.05 bits per heavy atom. The van der Waals surface area contributed by atoms with E-state index in [1.54, 1.807) is 13.0 Å². The van der Waals surface area contributed by atoms with Crippen LogP contribution in [0.4, 0.5) is 5.82 Å². The second kappa shape index (κ2) is 6.49. The van der Waals surface area contributed by atoms with Crippen LogP contribution in [0.1, 0.15) is 22.6 Å². The number of nitrogens with one attached hydrogen (secondary N) is 1. The molecule has 5 heteroatoms. The molecule has 2 aromatic rings. The average molecular weight is 331 g/mol. The number of benzene rings is 1. The van der Waals surface area contributed by atoms with E-state index in [0.717, 1.165) is 17.4 Å². The smallest absolute Gasteiger partial charge is 0.146 e. The average Bonchev–Trinajstić information content (AvgIpc) is 2.42. The predicted molar refractivity (Wildman–Crippen MR) is 82.6 cm³/mol. The van der Waals surface area contributed by atoms with Crippen LogP contribution in [0.3, 0.4) is 0 Å². The van der Waals surface area contributed by atoms with Crippen LogP contribution in [-0.2, 0) is 6.42 Å². The fourth-order valence-electron chi connectivity index (χ4n) is 1.95. The van der Waals surface area contributed by atoms with E-state index < -0.39 is 0 Å². The molecule has 20 heavy (non-hydrogen) atoms. The lowest BCUT2D eigenvalue weighted by atomic mass is 10.1. The summed E-state index contributed by atoms with van der Waals surface area (Å²) in [5.41, 5.74) is 2.95. The minimum Gasteiger partial charge on any atom is -0.370 e. The highest BCUT2D eigenvalue weighted by Gasteiger charge is 2.02. The zero-order valence-corrected chi connectivity index (χ0v) is 13.0. The molecule has 0 aliphatic rings. The molecule has 0 atom stereocenters. The molecular weight excluding hydrogens is 316 g/mol. The van der Waals surface area contributed by atoms with Crippen molar-refractivity contribution in [2.24, 2.45) is 0 Å². The van der Waals surface area contributed by atoms with Crippen molar-refractivity contribution >= 4 is 21.7 Å². The van der Waals surface area contributed by atoms with Crippen molar-refractivity contribution in [1.29, 1.82) is 5.26 Å². The number of halogens is 1. The molecule has 0 saturated heterocycles. The lowest BCUT2D eigenvalue weighted by Crippen LogP contribution is -2.08. The SMILES string of the molecule is Cc1nc(C#N)cc(NCCc2cc(Br)ccc2C)n1. The molecule has 4 nitrogen and oxygen atoms in total. The van der Waals surface area contributed by atoms with Crippen LogP contribution in [-0.4, -0.2) is 16.5 Å². The first-order chi connectivity index (χ1) is 9.58. The largest absolute Gasteiger partial charge is 0.370 e. The number of nitrogens with zero attached hydrogens (tertiary/aromatic N) is 3. The molecule has 0 spiro atoms. The maximum atomic E-state index is 8.88. The molecule has 102 valence electrons. The topological polar surface area (TPSA) is 61.6 Å². The number of nitriles is 1. The number of aryl methyl sites for hydroxylation is 2. The summed E-state index contributed by atoms with van der Waals surface area (Å²) < 4.78 is 1.09. The second-order valence-corrected chi connectivity index (χ2v) is 5.46. The molecule has 0 bridgehead atoms. The normalized spacial score (nSPS) is 10.1. The number of hydrogen-bond acceptors (Lipinski definition) is 4. The van der Waals surface area contributed by atoms with Gasteiger partial charge in [0.15, 0.2) is 0 Å². The van der Waals surface area contributed by atoms with Gasteiger partial charge in [0.1, 0.15) is 23.4 Å². The Hall–Kier alpha value is -1.93. The highest BCUT2D eigenvalue weighted by molar-refractivity contribution is 9.10.